The van der Waals surface area contributed by atoms with Crippen LogP contribution in [0.4, 0.5) is 0 Å². The van der Waals surface area contributed by atoms with E-state index in [2.05, 4.69) is 10.6 Å². The maximum Gasteiger partial charge on any atom is 0.239 e. The molecule has 1 amide bonds. The highest BCUT2D eigenvalue weighted by molar-refractivity contribution is 7.89. The number of sulfonamides is 1. The van der Waals surface area contributed by atoms with Crippen LogP contribution < -0.4 is 10.6 Å². The lowest BCUT2D eigenvalue weighted by Gasteiger charge is -2.34. The third-order valence-corrected chi connectivity index (χ3v) is 5.19. The van der Waals surface area contributed by atoms with Crippen LogP contribution in [0.5, 0.6) is 0 Å². The normalized spacial score (nSPS) is 21.7. The molecule has 1 heterocycles. The van der Waals surface area contributed by atoms with Crippen LogP contribution in [-0.2, 0) is 14.8 Å². The number of carbonyl (C=O) groups is 1. The Hall–Kier alpha value is -0.660. The quantitative estimate of drug-likeness (QED) is 0.758. The van der Waals surface area contributed by atoms with E-state index < -0.39 is 16.1 Å². The second-order valence-corrected chi connectivity index (χ2v) is 8.39. The highest BCUT2D eigenvalue weighted by atomic mass is 32.2. The Kier molecular flexibility index (Phi) is 5.97. The van der Waals surface area contributed by atoms with E-state index in [9.17, 15) is 13.2 Å². The molecule has 0 bridgehead atoms. The van der Waals surface area contributed by atoms with Gasteiger partial charge in [0.15, 0.2) is 0 Å². The molecule has 1 unspecified atom stereocenters. The molecule has 1 rings (SSSR count). The number of nitrogens with one attached hydrogen (secondary N) is 2. The fourth-order valence-corrected chi connectivity index (χ4v) is 4.12. The molecular formula is C13H27N3O3S. The molecule has 0 aliphatic carbocycles. The molecule has 1 aliphatic rings. The predicted octanol–water partition coefficient (Wildman–Crippen LogP) is 0.162. The summed E-state index contributed by atoms with van der Waals surface area (Å²) >= 11 is 0. The van der Waals surface area contributed by atoms with Crippen molar-refractivity contribution in [1.82, 2.24) is 14.9 Å². The van der Waals surface area contributed by atoms with Gasteiger partial charge in [0.2, 0.25) is 15.9 Å². The third kappa shape index (κ3) is 5.03. The van der Waals surface area contributed by atoms with Crippen LogP contribution in [0.15, 0.2) is 0 Å². The van der Waals surface area contributed by atoms with E-state index in [4.69, 9.17) is 0 Å². The van der Waals surface area contributed by atoms with Crippen LogP contribution in [0.25, 0.3) is 0 Å². The van der Waals surface area contributed by atoms with Crippen LogP contribution in [-0.4, -0.2) is 56.6 Å². The second-order valence-electron chi connectivity index (χ2n) is 6.35. The molecule has 2 N–H and O–H groups in total. The number of rotatable bonds is 5. The first kappa shape index (κ1) is 17.4. The summed E-state index contributed by atoms with van der Waals surface area (Å²) in [6.45, 7) is 9.70. The zero-order chi connectivity index (χ0) is 15.4. The Bertz CT molecular complexity index is 429. The van der Waals surface area contributed by atoms with Gasteiger partial charge in [-0.05, 0) is 18.8 Å². The molecule has 0 aromatic heterocycles. The summed E-state index contributed by atoms with van der Waals surface area (Å²) in [5.41, 5.74) is -0.0394. The maximum atomic E-state index is 12.5. The summed E-state index contributed by atoms with van der Waals surface area (Å²) in [6.07, 6.45) is 0.585. The summed E-state index contributed by atoms with van der Waals surface area (Å²) < 4.78 is 26.3. The molecule has 1 saturated heterocycles. The van der Waals surface area contributed by atoms with Crippen LogP contribution in [0.2, 0.25) is 0 Å². The Labute approximate surface area is 122 Å². The van der Waals surface area contributed by atoms with Crippen molar-refractivity contribution < 1.29 is 13.2 Å². The van der Waals surface area contributed by atoms with Gasteiger partial charge in [-0.1, -0.05) is 20.8 Å². The van der Waals surface area contributed by atoms with Gasteiger partial charge in [-0.2, -0.15) is 4.31 Å². The first-order chi connectivity index (χ1) is 9.17. The van der Waals surface area contributed by atoms with Crippen molar-refractivity contribution in [1.29, 1.82) is 0 Å². The predicted molar refractivity (Wildman–Crippen MR) is 79.9 cm³/mol. The Balaban J connectivity index is 2.80. The zero-order valence-electron chi connectivity index (χ0n) is 12.9. The van der Waals surface area contributed by atoms with Gasteiger partial charge in [0.05, 0.1) is 5.75 Å². The van der Waals surface area contributed by atoms with Crippen molar-refractivity contribution in [3.63, 3.8) is 0 Å². The highest BCUT2D eigenvalue weighted by Crippen LogP contribution is 2.21. The van der Waals surface area contributed by atoms with Crippen molar-refractivity contribution in [2.45, 2.75) is 40.2 Å². The average Bonchev–Trinajstić information content (AvgIpc) is 2.36. The van der Waals surface area contributed by atoms with E-state index in [1.807, 2.05) is 27.7 Å². The smallest absolute Gasteiger partial charge is 0.239 e. The first-order valence-corrected chi connectivity index (χ1v) is 8.76. The first-order valence-electron chi connectivity index (χ1n) is 7.15. The van der Waals surface area contributed by atoms with E-state index in [0.29, 0.717) is 32.6 Å². The number of carbonyl (C=O) groups excluding carboxylic acids is 1. The minimum absolute atomic E-state index is 0.0394. The van der Waals surface area contributed by atoms with Crippen LogP contribution in [0, 0.1) is 5.41 Å². The summed E-state index contributed by atoms with van der Waals surface area (Å²) in [6, 6.07) is -0.631. The van der Waals surface area contributed by atoms with Gasteiger partial charge < -0.3 is 10.6 Å². The average molecular weight is 305 g/mol. The van der Waals surface area contributed by atoms with E-state index in [-0.39, 0.29) is 17.1 Å². The number of piperazine rings is 1. The van der Waals surface area contributed by atoms with Crippen molar-refractivity contribution in [3.8, 4) is 0 Å². The van der Waals surface area contributed by atoms with Gasteiger partial charge in [0, 0.05) is 26.2 Å². The minimum atomic E-state index is -3.40. The lowest BCUT2D eigenvalue weighted by Crippen LogP contribution is -2.59. The van der Waals surface area contributed by atoms with Gasteiger partial charge in [0.1, 0.15) is 6.04 Å². The highest BCUT2D eigenvalue weighted by Gasteiger charge is 2.36. The van der Waals surface area contributed by atoms with Crippen molar-refractivity contribution >= 4 is 15.9 Å². The van der Waals surface area contributed by atoms with Crippen LogP contribution in [0.3, 0.4) is 0 Å². The summed E-state index contributed by atoms with van der Waals surface area (Å²) in [5.74, 6) is -0.133. The van der Waals surface area contributed by atoms with Gasteiger partial charge in [-0.3, -0.25) is 4.79 Å². The number of amides is 1. The molecular weight excluding hydrogens is 278 g/mol. The molecule has 20 heavy (non-hydrogen) atoms. The standard InChI is InChI=1S/C13H27N3O3S/c1-5-15-12(17)11-10-14-7-8-16(11)20(18,19)9-6-13(2,3)4/h11,14H,5-10H2,1-4H3,(H,15,17). The van der Waals surface area contributed by atoms with Gasteiger partial charge in [0.25, 0.3) is 0 Å². The molecule has 0 aromatic carbocycles. The van der Waals surface area contributed by atoms with Crippen LogP contribution >= 0.6 is 0 Å². The van der Waals surface area contributed by atoms with E-state index in [1.165, 1.54) is 4.31 Å². The molecule has 1 fully saturated rings. The number of hydrogen-bond acceptors (Lipinski definition) is 4. The van der Waals surface area contributed by atoms with Gasteiger partial charge >= 0.3 is 0 Å². The molecule has 1 atom stereocenters. The lowest BCUT2D eigenvalue weighted by atomic mass is 9.94. The fraction of sp³-hybridized carbons (Fsp3) is 0.923. The van der Waals surface area contributed by atoms with Crippen molar-refractivity contribution in [3.05, 3.63) is 0 Å². The molecule has 1 aliphatic heterocycles. The maximum absolute atomic E-state index is 12.5. The number of likely N-dealkylation sites (N-methyl/N-ethyl adjacent to an activating group) is 1. The molecule has 0 spiro atoms. The number of nitrogens with zero attached hydrogens (tertiary/aromatic N) is 1. The molecule has 7 heteroatoms. The van der Waals surface area contributed by atoms with Gasteiger partial charge in [-0.25, -0.2) is 8.42 Å². The topological polar surface area (TPSA) is 78.5 Å². The zero-order valence-corrected chi connectivity index (χ0v) is 13.7. The fourth-order valence-electron chi connectivity index (χ4n) is 2.09. The van der Waals surface area contributed by atoms with Crippen molar-refractivity contribution in [2.24, 2.45) is 5.41 Å². The molecule has 6 nitrogen and oxygen atoms in total. The van der Waals surface area contributed by atoms with E-state index in [1.54, 1.807) is 0 Å². The Morgan fingerprint density at radius 3 is 2.60 bits per heavy atom. The van der Waals surface area contributed by atoms with Crippen molar-refractivity contribution in [2.75, 3.05) is 31.9 Å². The number of hydrogen-bond donors (Lipinski definition) is 2. The van der Waals surface area contributed by atoms with Gasteiger partial charge in [-0.15, -0.1) is 0 Å². The summed E-state index contributed by atoms with van der Waals surface area (Å²) in [5, 5.41) is 5.79. The minimum Gasteiger partial charge on any atom is -0.355 e. The molecule has 0 radical (unpaired) electrons. The summed E-state index contributed by atoms with van der Waals surface area (Å²) in [4.78, 5) is 12.0. The Morgan fingerprint density at radius 2 is 2.05 bits per heavy atom. The third-order valence-electron chi connectivity index (χ3n) is 3.32. The largest absolute Gasteiger partial charge is 0.355 e. The van der Waals surface area contributed by atoms with E-state index >= 15 is 0 Å². The van der Waals surface area contributed by atoms with Crippen LogP contribution in [0.1, 0.15) is 34.1 Å². The lowest BCUT2D eigenvalue weighted by molar-refractivity contribution is -0.125. The second kappa shape index (κ2) is 6.87. The molecule has 0 aromatic rings. The van der Waals surface area contributed by atoms with E-state index in [0.717, 1.165) is 0 Å². The molecule has 118 valence electrons. The molecule has 0 saturated carbocycles. The SMILES string of the molecule is CCNC(=O)C1CNCCN1S(=O)(=O)CCC(C)(C)C. The summed E-state index contributed by atoms with van der Waals surface area (Å²) in [7, 11) is -3.40. The Morgan fingerprint density at radius 1 is 1.40 bits per heavy atom. The monoisotopic (exact) mass is 305 g/mol.